The van der Waals surface area contributed by atoms with E-state index >= 15 is 0 Å². The molecule has 1 aliphatic rings. The van der Waals surface area contributed by atoms with E-state index < -0.39 is 6.43 Å². The standard InChI is InChI=1S/C15H20F2N4/c1-3-13-9-21(7-6-20(13)10-14(16)17)15-12(8-18)5-4-11(2)19-15/h4-5,13-14H,3,6-7,9-10H2,1-2H3/t13-/m1/s1. The molecule has 0 bridgehead atoms. The Morgan fingerprint density at radius 2 is 2.19 bits per heavy atom. The van der Waals surface area contributed by atoms with E-state index in [1.807, 2.05) is 29.7 Å². The molecule has 1 saturated heterocycles. The number of rotatable bonds is 4. The normalized spacial score (nSPS) is 19.8. The molecule has 0 spiro atoms. The van der Waals surface area contributed by atoms with Gasteiger partial charge in [0.1, 0.15) is 11.9 Å². The molecule has 0 saturated carbocycles. The predicted octanol–water partition coefficient (Wildman–Crippen LogP) is 2.43. The second-order valence-corrected chi connectivity index (χ2v) is 5.33. The van der Waals surface area contributed by atoms with Gasteiger partial charge in [0, 0.05) is 31.4 Å². The third-order valence-electron chi connectivity index (χ3n) is 3.88. The number of halogens is 2. The monoisotopic (exact) mass is 294 g/mol. The number of aryl methyl sites for hydroxylation is 1. The van der Waals surface area contributed by atoms with Crippen molar-refractivity contribution in [3.63, 3.8) is 0 Å². The van der Waals surface area contributed by atoms with Gasteiger partial charge < -0.3 is 4.90 Å². The van der Waals surface area contributed by atoms with Crippen LogP contribution in [0.15, 0.2) is 12.1 Å². The van der Waals surface area contributed by atoms with Crippen LogP contribution in [0, 0.1) is 18.3 Å². The highest BCUT2D eigenvalue weighted by Crippen LogP contribution is 2.23. The van der Waals surface area contributed by atoms with Crippen molar-refractivity contribution in [2.45, 2.75) is 32.7 Å². The van der Waals surface area contributed by atoms with Gasteiger partial charge in [-0.05, 0) is 25.5 Å². The lowest BCUT2D eigenvalue weighted by Crippen LogP contribution is -2.54. The van der Waals surface area contributed by atoms with Gasteiger partial charge in [0.2, 0.25) is 0 Å². The van der Waals surface area contributed by atoms with Crippen molar-refractivity contribution in [1.82, 2.24) is 9.88 Å². The van der Waals surface area contributed by atoms with Gasteiger partial charge in [0.05, 0.1) is 12.1 Å². The number of hydrogen-bond donors (Lipinski definition) is 0. The van der Waals surface area contributed by atoms with E-state index in [9.17, 15) is 14.0 Å². The van der Waals surface area contributed by atoms with Crippen molar-refractivity contribution in [3.8, 4) is 6.07 Å². The zero-order valence-corrected chi connectivity index (χ0v) is 12.4. The van der Waals surface area contributed by atoms with Gasteiger partial charge in [-0.25, -0.2) is 13.8 Å². The van der Waals surface area contributed by atoms with Crippen molar-refractivity contribution in [1.29, 1.82) is 5.26 Å². The van der Waals surface area contributed by atoms with Gasteiger partial charge in [-0.1, -0.05) is 6.92 Å². The van der Waals surface area contributed by atoms with Gasteiger partial charge in [0.15, 0.2) is 0 Å². The first kappa shape index (κ1) is 15.6. The molecule has 4 nitrogen and oxygen atoms in total. The van der Waals surface area contributed by atoms with Crippen LogP contribution in [0.4, 0.5) is 14.6 Å². The fourth-order valence-corrected chi connectivity index (χ4v) is 2.76. The number of hydrogen-bond acceptors (Lipinski definition) is 4. The molecule has 114 valence electrons. The molecule has 6 heteroatoms. The molecule has 2 rings (SSSR count). The zero-order valence-electron chi connectivity index (χ0n) is 12.4. The van der Waals surface area contributed by atoms with Crippen LogP contribution in [0.25, 0.3) is 0 Å². The number of piperazine rings is 1. The van der Waals surface area contributed by atoms with Crippen LogP contribution >= 0.6 is 0 Å². The smallest absolute Gasteiger partial charge is 0.251 e. The average Bonchev–Trinajstić information content (AvgIpc) is 2.47. The first-order valence-corrected chi connectivity index (χ1v) is 7.20. The van der Waals surface area contributed by atoms with Crippen LogP contribution in [0.1, 0.15) is 24.6 Å². The summed E-state index contributed by atoms with van der Waals surface area (Å²) in [7, 11) is 0. The summed E-state index contributed by atoms with van der Waals surface area (Å²) < 4.78 is 25.2. The van der Waals surface area contributed by atoms with E-state index in [1.165, 1.54) is 0 Å². The summed E-state index contributed by atoms with van der Waals surface area (Å²) in [4.78, 5) is 8.34. The average molecular weight is 294 g/mol. The van der Waals surface area contributed by atoms with E-state index in [0.29, 0.717) is 31.0 Å². The van der Waals surface area contributed by atoms with Crippen LogP contribution in [-0.4, -0.2) is 48.5 Å². The molecule has 1 aromatic rings. The lowest BCUT2D eigenvalue weighted by atomic mass is 10.1. The van der Waals surface area contributed by atoms with Crippen molar-refractivity contribution >= 4 is 5.82 Å². The Bertz CT molecular complexity index is 527. The summed E-state index contributed by atoms with van der Waals surface area (Å²) in [6, 6.07) is 5.81. The molecular formula is C15H20F2N4. The second-order valence-electron chi connectivity index (χ2n) is 5.33. The summed E-state index contributed by atoms with van der Waals surface area (Å²) in [6.45, 7) is 5.53. The van der Waals surface area contributed by atoms with Crippen LogP contribution in [0.5, 0.6) is 0 Å². The molecule has 1 fully saturated rings. The second kappa shape index (κ2) is 6.81. The van der Waals surface area contributed by atoms with Gasteiger partial charge >= 0.3 is 0 Å². The summed E-state index contributed by atoms with van der Waals surface area (Å²) in [5.41, 5.74) is 1.39. The molecular weight excluding hydrogens is 274 g/mol. The number of alkyl halides is 2. The number of pyridine rings is 1. The quantitative estimate of drug-likeness (QED) is 0.855. The first-order valence-electron chi connectivity index (χ1n) is 7.20. The fourth-order valence-electron chi connectivity index (χ4n) is 2.76. The van der Waals surface area contributed by atoms with Gasteiger partial charge in [-0.15, -0.1) is 0 Å². The summed E-state index contributed by atoms with van der Waals surface area (Å²) in [5, 5.41) is 9.21. The minimum absolute atomic E-state index is 0.0709. The molecule has 0 N–H and O–H groups in total. The number of nitriles is 1. The van der Waals surface area contributed by atoms with Crippen molar-refractivity contribution in [2.75, 3.05) is 31.1 Å². The maximum Gasteiger partial charge on any atom is 0.251 e. The van der Waals surface area contributed by atoms with E-state index in [2.05, 4.69) is 11.1 Å². The van der Waals surface area contributed by atoms with Crippen LogP contribution in [0.3, 0.4) is 0 Å². The first-order chi connectivity index (χ1) is 10.0. The third-order valence-corrected chi connectivity index (χ3v) is 3.88. The summed E-state index contributed by atoms with van der Waals surface area (Å²) in [6.07, 6.45) is -1.51. The Morgan fingerprint density at radius 3 is 2.81 bits per heavy atom. The topological polar surface area (TPSA) is 43.2 Å². The van der Waals surface area contributed by atoms with Gasteiger partial charge in [0.25, 0.3) is 6.43 Å². The minimum Gasteiger partial charge on any atom is -0.353 e. The maximum atomic E-state index is 12.6. The Balaban J connectivity index is 2.17. The molecule has 2 heterocycles. The number of aromatic nitrogens is 1. The number of anilines is 1. The molecule has 1 aliphatic heterocycles. The molecule has 0 aromatic carbocycles. The summed E-state index contributed by atoms with van der Waals surface area (Å²) in [5.74, 6) is 0.674. The van der Waals surface area contributed by atoms with Crippen LogP contribution in [0.2, 0.25) is 0 Å². The molecule has 0 radical (unpaired) electrons. The predicted molar refractivity (Wildman–Crippen MR) is 77.6 cm³/mol. The van der Waals surface area contributed by atoms with E-state index in [0.717, 1.165) is 12.1 Å². The highest BCUT2D eigenvalue weighted by atomic mass is 19.3. The Labute approximate surface area is 124 Å². The number of nitrogens with zero attached hydrogens (tertiary/aromatic N) is 4. The fraction of sp³-hybridized carbons (Fsp3) is 0.600. The van der Waals surface area contributed by atoms with Crippen LogP contribution in [-0.2, 0) is 0 Å². The van der Waals surface area contributed by atoms with Crippen LogP contribution < -0.4 is 4.90 Å². The lowest BCUT2D eigenvalue weighted by Gasteiger charge is -2.41. The molecule has 1 atom stereocenters. The zero-order chi connectivity index (χ0) is 15.4. The van der Waals surface area contributed by atoms with Gasteiger partial charge in [-0.3, -0.25) is 4.90 Å². The Morgan fingerprint density at radius 1 is 1.43 bits per heavy atom. The van der Waals surface area contributed by atoms with Crippen molar-refractivity contribution in [2.24, 2.45) is 0 Å². The molecule has 0 unspecified atom stereocenters. The third kappa shape index (κ3) is 3.67. The minimum atomic E-state index is -2.31. The highest BCUT2D eigenvalue weighted by molar-refractivity contribution is 5.54. The lowest BCUT2D eigenvalue weighted by molar-refractivity contribution is 0.0586. The van der Waals surface area contributed by atoms with Crippen molar-refractivity contribution < 1.29 is 8.78 Å². The summed E-state index contributed by atoms with van der Waals surface area (Å²) >= 11 is 0. The Kier molecular flexibility index (Phi) is 5.07. The van der Waals surface area contributed by atoms with E-state index in [-0.39, 0.29) is 12.6 Å². The van der Waals surface area contributed by atoms with E-state index in [1.54, 1.807) is 6.07 Å². The largest absolute Gasteiger partial charge is 0.353 e. The molecule has 0 aliphatic carbocycles. The maximum absolute atomic E-state index is 12.6. The molecule has 21 heavy (non-hydrogen) atoms. The highest BCUT2D eigenvalue weighted by Gasteiger charge is 2.29. The molecule has 0 amide bonds. The van der Waals surface area contributed by atoms with E-state index in [4.69, 9.17) is 0 Å². The van der Waals surface area contributed by atoms with Crippen molar-refractivity contribution in [3.05, 3.63) is 23.4 Å². The Hall–Kier alpha value is -1.74. The van der Waals surface area contributed by atoms with Gasteiger partial charge in [-0.2, -0.15) is 5.26 Å². The molecule has 1 aromatic heterocycles. The SMILES string of the molecule is CC[C@@H]1CN(c2nc(C)ccc2C#N)CCN1CC(F)F.